The number of carbonyl (C=O) groups excluding carboxylic acids is 1. The lowest BCUT2D eigenvalue weighted by Gasteiger charge is -2.07. The number of imidazole rings is 1. The van der Waals surface area contributed by atoms with E-state index in [1.165, 1.54) is 0 Å². The number of amides is 1. The van der Waals surface area contributed by atoms with Gasteiger partial charge in [0.25, 0.3) is 5.91 Å². The smallest absolute Gasteiger partial charge is 0.323 e. The Morgan fingerprint density at radius 3 is 2.68 bits per heavy atom. The van der Waals surface area contributed by atoms with Crippen molar-refractivity contribution in [2.45, 2.75) is 6.42 Å². The summed E-state index contributed by atoms with van der Waals surface area (Å²) in [4.78, 5) is 28.6. The lowest BCUT2D eigenvalue weighted by atomic mass is 10.1. The molecular formula is C16H14ClN3O2. The van der Waals surface area contributed by atoms with E-state index >= 15 is 0 Å². The van der Waals surface area contributed by atoms with E-state index in [1.54, 1.807) is 24.3 Å². The van der Waals surface area contributed by atoms with E-state index in [2.05, 4.69) is 15.3 Å². The first-order valence-corrected chi connectivity index (χ1v) is 7.25. The summed E-state index contributed by atoms with van der Waals surface area (Å²) in [7, 11) is 0. The molecule has 1 aromatic heterocycles. The monoisotopic (exact) mass is 315 g/mol. The molecule has 2 aromatic carbocycles. The molecule has 0 aliphatic rings. The molecule has 0 aliphatic heterocycles. The highest BCUT2D eigenvalue weighted by Crippen LogP contribution is 2.14. The third-order valence-electron chi connectivity index (χ3n) is 3.40. The fraction of sp³-hybridized carbons (Fsp3) is 0.125. The topological polar surface area (TPSA) is 77.8 Å². The van der Waals surface area contributed by atoms with Crippen LogP contribution in [-0.2, 0) is 6.42 Å². The third-order valence-corrected chi connectivity index (χ3v) is 3.73. The Morgan fingerprint density at radius 1 is 1.09 bits per heavy atom. The maximum absolute atomic E-state index is 12.0. The molecule has 1 amide bonds. The molecule has 0 saturated carbocycles. The molecule has 0 radical (unpaired) electrons. The number of carbonyl (C=O) groups is 1. The number of benzene rings is 2. The lowest BCUT2D eigenvalue weighted by molar-refractivity contribution is 0.0954. The predicted octanol–water partition coefficient (Wildman–Crippen LogP) is 2.48. The van der Waals surface area contributed by atoms with Crippen LogP contribution in [0.2, 0.25) is 5.02 Å². The summed E-state index contributed by atoms with van der Waals surface area (Å²) in [6, 6.07) is 12.6. The average molecular weight is 316 g/mol. The second-order valence-corrected chi connectivity index (χ2v) is 5.35. The van der Waals surface area contributed by atoms with Gasteiger partial charge in [0.05, 0.1) is 21.6 Å². The molecule has 0 unspecified atom stereocenters. The van der Waals surface area contributed by atoms with E-state index in [1.807, 2.05) is 18.2 Å². The molecule has 0 saturated heterocycles. The number of hydrogen-bond donors (Lipinski definition) is 3. The molecule has 0 bridgehead atoms. The Bertz CT molecular complexity index is 882. The second-order valence-electron chi connectivity index (χ2n) is 4.94. The Labute approximate surface area is 131 Å². The third kappa shape index (κ3) is 3.04. The zero-order chi connectivity index (χ0) is 15.5. The SMILES string of the molecule is O=C(NCCc1ccc2[nH]c(=O)[nH]c2c1)c1ccccc1Cl. The minimum absolute atomic E-state index is 0.193. The molecule has 0 aliphatic carbocycles. The van der Waals surface area contributed by atoms with Crippen LogP contribution in [0.4, 0.5) is 0 Å². The molecule has 3 aromatic rings. The van der Waals surface area contributed by atoms with Gasteiger partial charge in [0.2, 0.25) is 0 Å². The molecule has 0 spiro atoms. The molecule has 5 nitrogen and oxygen atoms in total. The summed E-state index contributed by atoms with van der Waals surface area (Å²) < 4.78 is 0. The summed E-state index contributed by atoms with van der Waals surface area (Å²) in [5.74, 6) is -0.193. The van der Waals surface area contributed by atoms with Crippen molar-refractivity contribution in [3.05, 3.63) is 69.1 Å². The average Bonchev–Trinajstić information content (AvgIpc) is 2.87. The molecule has 112 valence electrons. The Kier molecular flexibility index (Phi) is 3.98. The highest BCUT2D eigenvalue weighted by Gasteiger charge is 2.08. The highest BCUT2D eigenvalue weighted by atomic mass is 35.5. The van der Waals surface area contributed by atoms with Crippen LogP contribution in [0.5, 0.6) is 0 Å². The van der Waals surface area contributed by atoms with Crippen molar-refractivity contribution in [3.8, 4) is 0 Å². The summed E-state index contributed by atoms with van der Waals surface area (Å²) in [6.45, 7) is 0.490. The molecule has 6 heteroatoms. The van der Waals surface area contributed by atoms with Crippen molar-refractivity contribution in [2.24, 2.45) is 0 Å². The standard InChI is InChI=1S/C16H14ClN3O2/c17-12-4-2-1-3-11(12)15(21)18-8-7-10-5-6-13-14(9-10)20-16(22)19-13/h1-6,9H,7-8H2,(H,18,21)(H2,19,20,22). The van der Waals surface area contributed by atoms with Crippen LogP contribution in [0.1, 0.15) is 15.9 Å². The molecular weight excluding hydrogens is 302 g/mol. The second kappa shape index (κ2) is 6.07. The normalized spacial score (nSPS) is 10.8. The zero-order valence-corrected chi connectivity index (χ0v) is 12.4. The first-order valence-electron chi connectivity index (χ1n) is 6.87. The Balaban J connectivity index is 1.63. The van der Waals surface area contributed by atoms with Crippen molar-refractivity contribution in [1.82, 2.24) is 15.3 Å². The van der Waals surface area contributed by atoms with Crippen LogP contribution in [0.3, 0.4) is 0 Å². The minimum Gasteiger partial charge on any atom is -0.352 e. The van der Waals surface area contributed by atoms with Gasteiger partial charge in [-0.05, 0) is 36.2 Å². The molecule has 22 heavy (non-hydrogen) atoms. The van der Waals surface area contributed by atoms with Gasteiger partial charge >= 0.3 is 5.69 Å². The van der Waals surface area contributed by atoms with Gasteiger partial charge < -0.3 is 15.3 Å². The minimum atomic E-state index is -0.223. The number of H-pyrrole nitrogens is 2. The van der Waals surface area contributed by atoms with Gasteiger partial charge in [-0.3, -0.25) is 4.79 Å². The van der Waals surface area contributed by atoms with Crippen LogP contribution >= 0.6 is 11.6 Å². The van der Waals surface area contributed by atoms with E-state index in [-0.39, 0.29) is 11.6 Å². The van der Waals surface area contributed by atoms with Gasteiger partial charge in [0.15, 0.2) is 0 Å². The molecule has 0 atom stereocenters. The van der Waals surface area contributed by atoms with Crippen molar-refractivity contribution >= 4 is 28.5 Å². The van der Waals surface area contributed by atoms with Crippen LogP contribution in [-0.4, -0.2) is 22.4 Å². The van der Waals surface area contributed by atoms with Gasteiger partial charge in [-0.2, -0.15) is 0 Å². The maximum Gasteiger partial charge on any atom is 0.323 e. The summed E-state index contributed by atoms with van der Waals surface area (Å²) in [6.07, 6.45) is 0.666. The van der Waals surface area contributed by atoms with Gasteiger partial charge in [0, 0.05) is 6.54 Å². The van der Waals surface area contributed by atoms with Crippen molar-refractivity contribution in [2.75, 3.05) is 6.54 Å². The van der Waals surface area contributed by atoms with E-state index in [0.717, 1.165) is 16.6 Å². The van der Waals surface area contributed by atoms with E-state index in [9.17, 15) is 9.59 Å². The Morgan fingerprint density at radius 2 is 1.86 bits per heavy atom. The van der Waals surface area contributed by atoms with Crippen LogP contribution < -0.4 is 11.0 Å². The van der Waals surface area contributed by atoms with Crippen molar-refractivity contribution in [3.63, 3.8) is 0 Å². The number of rotatable bonds is 4. The first kappa shape index (κ1) is 14.4. The van der Waals surface area contributed by atoms with E-state index in [4.69, 9.17) is 11.6 Å². The van der Waals surface area contributed by atoms with Crippen LogP contribution in [0.25, 0.3) is 11.0 Å². The fourth-order valence-electron chi connectivity index (χ4n) is 2.30. The number of nitrogens with one attached hydrogen (secondary N) is 3. The lowest BCUT2D eigenvalue weighted by Crippen LogP contribution is -2.25. The number of aromatic amines is 2. The van der Waals surface area contributed by atoms with Gasteiger partial charge in [-0.1, -0.05) is 29.8 Å². The van der Waals surface area contributed by atoms with E-state index in [0.29, 0.717) is 23.6 Å². The summed E-state index contributed by atoms with van der Waals surface area (Å²) >= 11 is 5.98. The quantitative estimate of drug-likeness (QED) is 0.691. The number of fused-ring (bicyclic) bond motifs is 1. The van der Waals surface area contributed by atoms with Gasteiger partial charge in [0.1, 0.15) is 0 Å². The fourth-order valence-corrected chi connectivity index (χ4v) is 2.52. The van der Waals surface area contributed by atoms with Crippen molar-refractivity contribution in [1.29, 1.82) is 0 Å². The zero-order valence-electron chi connectivity index (χ0n) is 11.7. The largest absolute Gasteiger partial charge is 0.352 e. The van der Waals surface area contributed by atoms with Crippen molar-refractivity contribution < 1.29 is 4.79 Å². The molecule has 3 N–H and O–H groups in total. The molecule has 1 heterocycles. The maximum atomic E-state index is 12.0. The predicted molar refractivity (Wildman–Crippen MR) is 86.4 cm³/mol. The first-order chi connectivity index (χ1) is 10.6. The van der Waals surface area contributed by atoms with E-state index < -0.39 is 0 Å². The number of halogens is 1. The highest BCUT2D eigenvalue weighted by molar-refractivity contribution is 6.33. The molecule has 0 fully saturated rings. The van der Waals surface area contributed by atoms with Crippen LogP contribution in [0.15, 0.2) is 47.3 Å². The molecule has 3 rings (SSSR count). The van der Waals surface area contributed by atoms with Gasteiger partial charge in [-0.25, -0.2) is 4.79 Å². The summed E-state index contributed by atoms with van der Waals surface area (Å²) in [5, 5.41) is 3.27. The summed E-state index contributed by atoms with van der Waals surface area (Å²) in [5.41, 5.74) is 2.81. The van der Waals surface area contributed by atoms with Gasteiger partial charge in [-0.15, -0.1) is 0 Å². The number of hydrogen-bond acceptors (Lipinski definition) is 2. The van der Waals surface area contributed by atoms with Crippen LogP contribution in [0, 0.1) is 0 Å². The Hall–Kier alpha value is -2.53. The number of aromatic nitrogens is 2.